The predicted octanol–water partition coefficient (Wildman–Crippen LogP) is 0.833. The van der Waals surface area contributed by atoms with E-state index in [1.54, 1.807) is 0 Å². The highest BCUT2D eigenvalue weighted by Crippen LogP contribution is 2.22. The van der Waals surface area contributed by atoms with Crippen LogP contribution in [0, 0.1) is 0 Å². The second kappa shape index (κ2) is 9.09. The monoisotopic (exact) mass is 335 g/mol. The lowest BCUT2D eigenvalue weighted by Gasteiger charge is -2.28. The van der Waals surface area contributed by atoms with E-state index in [0.29, 0.717) is 11.7 Å². The topological polar surface area (TPSA) is 104 Å². The molecule has 6 nitrogen and oxygen atoms in total. The van der Waals surface area contributed by atoms with Gasteiger partial charge in [0.2, 0.25) is 5.91 Å². The van der Waals surface area contributed by atoms with Crippen LogP contribution in [0.2, 0.25) is 0 Å². The first kappa shape index (κ1) is 18.0. The number of carbonyl (C=O) groups is 3. The average molecular weight is 335 g/mol. The van der Waals surface area contributed by atoms with Crippen molar-refractivity contribution in [2.45, 2.75) is 56.2 Å². The fraction of sp³-hybridized carbons (Fsp3) is 0.769. The summed E-state index contributed by atoms with van der Waals surface area (Å²) < 4.78 is 0. The maximum absolute atomic E-state index is 11.7. The van der Waals surface area contributed by atoms with Crippen molar-refractivity contribution in [1.29, 1.82) is 0 Å². The Hall–Kier alpha value is -1.02. The summed E-state index contributed by atoms with van der Waals surface area (Å²) in [4.78, 5) is 33.0. The summed E-state index contributed by atoms with van der Waals surface area (Å²) in [7, 11) is 0.133. The molecule has 0 aliphatic carbocycles. The number of hydrogen-bond donors (Lipinski definition) is 3. The third kappa shape index (κ3) is 6.99. The predicted molar refractivity (Wildman–Crippen MR) is 82.9 cm³/mol. The van der Waals surface area contributed by atoms with Crippen LogP contribution in [0.1, 0.15) is 44.9 Å². The molecule has 1 amide bonds. The van der Waals surface area contributed by atoms with Gasteiger partial charge in [0.1, 0.15) is 6.04 Å². The summed E-state index contributed by atoms with van der Waals surface area (Å²) in [5, 5.41) is 20.5. The van der Waals surface area contributed by atoms with Gasteiger partial charge < -0.3 is 15.5 Å². The molecule has 0 aromatic carbocycles. The maximum Gasteiger partial charge on any atom is 0.326 e. The average Bonchev–Trinajstić information content (AvgIpc) is 2.40. The minimum Gasteiger partial charge on any atom is -0.481 e. The zero-order valence-corrected chi connectivity index (χ0v) is 13.4. The van der Waals surface area contributed by atoms with E-state index in [0.717, 1.165) is 18.6 Å². The van der Waals surface area contributed by atoms with Gasteiger partial charge in [-0.1, -0.05) is 17.6 Å². The summed E-state index contributed by atoms with van der Waals surface area (Å²) in [6.07, 6.45) is 3.76. The molecule has 21 heavy (non-hydrogen) atoms. The Balaban J connectivity index is 2.18. The Bertz CT molecular complexity index is 427. The summed E-state index contributed by atoms with van der Waals surface area (Å²) >= 11 is 5.26. The zero-order chi connectivity index (χ0) is 15.8. The normalized spacial score (nSPS) is 22.1. The molecule has 0 aromatic rings. The highest BCUT2D eigenvalue weighted by Gasteiger charge is 2.23. The Kier molecular flexibility index (Phi) is 7.81. The van der Waals surface area contributed by atoms with Crippen LogP contribution >= 0.6 is 0 Å². The molecule has 1 heterocycles. The van der Waals surface area contributed by atoms with Gasteiger partial charge in [-0.2, -0.15) is 0 Å². The number of carbonyl (C=O) groups excluding carboxylic acids is 1. The third-order valence-electron chi connectivity index (χ3n) is 3.47. The van der Waals surface area contributed by atoms with E-state index < -0.39 is 18.0 Å². The zero-order valence-electron chi connectivity index (χ0n) is 11.7. The van der Waals surface area contributed by atoms with Crippen LogP contribution in [0.3, 0.4) is 0 Å². The summed E-state index contributed by atoms with van der Waals surface area (Å²) in [5.41, 5.74) is 0. The van der Waals surface area contributed by atoms with E-state index in [2.05, 4.69) is 5.32 Å². The molecule has 1 rings (SSSR count). The standard InChI is InChI=1S/C13H21NO5S2/c15-11(4-2-1-3-9-7-8-21(9)20)14-10(13(18)19)5-6-12(16)17/h9-10H,1-8H2,(H,14,15)(H,16,17)(H,18,19). The maximum atomic E-state index is 11.7. The van der Waals surface area contributed by atoms with Crippen LogP contribution in [0.5, 0.6) is 0 Å². The van der Waals surface area contributed by atoms with Crippen molar-refractivity contribution >= 4 is 38.5 Å². The summed E-state index contributed by atoms with van der Waals surface area (Å²) in [5.74, 6) is -1.46. The lowest BCUT2D eigenvalue weighted by Crippen LogP contribution is -2.41. The number of aliphatic carboxylic acids is 2. The fourth-order valence-electron chi connectivity index (χ4n) is 2.11. The van der Waals surface area contributed by atoms with E-state index in [-0.39, 0.29) is 34.6 Å². The molecule has 0 radical (unpaired) electrons. The van der Waals surface area contributed by atoms with E-state index in [9.17, 15) is 14.4 Å². The lowest BCUT2D eigenvalue weighted by molar-refractivity contribution is -0.143. The minimum atomic E-state index is -1.20. The fourth-order valence-corrected chi connectivity index (χ4v) is 4.16. The van der Waals surface area contributed by atoms with Gasteiger partial charge in [-0.25, -0.2) is 4.79 Å². The van der Waals surface area contributed by atoms with Crippen molar-refractivity contribution in [3.05, 3.63) is 0 Å². The van der Waals surface area contributed by atoms with Crippen molar-refractivity contribution in [2.24, 2.45) is 0 Å². The van der Waals surface area contributed by atoms with Gasteiger partial charge >= 0.3 is 11.9 Å². The highest BCUT2D eigenvalue weighted by molar-refractivity contribution is 8.29. The molecule has 3 atom stereocenters. The summed E-state index contributed by atoms with van der Waals surface area (Å²) in [6.45, 7) is 0. The van der Waals surface area contributed by atoms with E-state index in [1.165, 1.54) is 6.42 Å². The van der Waals surface area contributed by atoms with Crippen LogP contribution in [0.4, 0.5) is 0 Å². The Labute approximate surface area is 130 Å². The Morgan fingerprint density at radius 2 is 1.95 bits per heavy atom. The molecule has 0 saturated carbocycles. The second-order valence-corrected chi connectivity index (χ2v) is 8.25. The first-order valence-corrected chi connectivity index (χ1v) is 9.39. The molecular weight excluding hydrogens is 314 g/mol. The number of amides is 1. The largest absolute Gasteiger partial charge is 0.481 e. The number of hydrogen-bond acceptors (Lipinski definition) is 4. The van der Waals surface area contributed by atoms with Crippen LogP contribution in [0.25, 0.3) is 0 Å². The van der Waals surface area contributed by atoms with E-state index in [4.69, 9.17) is 21.4 Å². The molecule has 8 heteroatoms. The molecule has 120 valence electrons. The van der Waals surface area contributed by atoms with Gasteiger partial charge in [0.15, 0.2) is 0 Å². The quantitative estimate of drug-likeness (QED) is 0.511. The smallest absolute Gasteiger partial charge is 0.326 e. The van der Waals surface area contributed by atoms with E-state index >= 15 is 0 Å². The van der Waals surface area contributed by atoms with E-state index in [1.807, 2.05) is 0 Å². The summed E-state index contributed by atoms with van der Waals surface area (Å²) in [6, 6.07) is -1.13. The van der Waals surface area contributed by atoms with Gasteiger partial charge in [-0.05, 0) is 31.4 Å². The second-order valence-electron chi connectivity index (χ2n) is 5.13. The first-order valence-electron chi connectivity index (χ1n) is 7.01. The molecule has 1 aliphatic rings. The molecule has 1 aliphatic heterocycles. The number of carboxylic acids is 2. The molecule has 0 bridgehead atoms. The third-order valence-corrected chi connectivity index (χ3v) is 6.64. The molecule has 3 N–H and O–H groups in total. The van der Waals surface area contributed by atoms with Crippen molar-refractivity contribution in [2.75, 3.05) is 5.75 Å². The number of rotatable bonds is 10. The van der Waals surface area contributed by atoms with Crippen LogP contribution in [0.15, 0.2) is 0 Å². The molecular formula is C13H21NO5S2. The number of carboxylic acid groups (broad SMARTS) is 2. The lowest BCUT2D eigenvalue weighted by atomic mass is 10.1. The molecule has 1 saturated heterocycles. The van der Waals surface area contributed by atoms with Gasteiger partial charge in [0.05, 0.1) is 0 Å². The highest BCUT2D eigenvalue weighted by atomic mass is 32.8. The van der Waals surface area contributed by atoms with Crippen molar-refractivity contribution in [3.63, 3.8) is 0 Å². The molecule has 0 spiro atoms. The van der Waals surface area contributed by atoms with Gasteiger partial charge in [0, 0.05) is 18.1 Å². The van der Waals surface area contributed by atoms with Crippen LogP contribution in [-0.2, 0) is 35.0 Å². The Morgan fingerprint density at radius 1 is 1.24 bits per heavy atom. The van der Waals surface area contributed by atoms with Crippen molar-refractivity contribution < 1.29 is 24.6 Å². The molecule has 3 unspecified atom stereocenters. The van der Waals surface area contributed by atoms with Crippen LogP contribution in [-0.4, -0.2) is 45.1 Å². The molecule has 0 aromatic heterocycles. The van der Waals surface area contributed by atoms with Crippen molar-refractivity contribution in [1.82, 2.24) is 5.32 Å². The van der Waals surface area contributed by atoms with Gasteiger partial charge in [-0.15, -0.1) is 9.45 Å². The number of unbranched alkanes of at least 4 members (excludes halogenated alkanes) is 1. The first-order chi connectivity index (χ1) is 9.90. The van der Waals surface area contributed by atoms with Gasteiger partial charge in [0.25, 0.3) is 0 Å². The van der Waals surface area contributed by atoms with Gasteiger partial charge in [-0.3, -0.25) is 9.59 Å². The Morgan fingerprint density at radius 3 is 2.43 bits per heavy atom. The number of nitrogens with one attached hydrogen (secondary N) is 1. The SMILES string of the molecule is O=C(O)CCC(NC(=O)CCCCC1CCS1=S)C(=O)O. The van der Waals surface area contributed by atoms with Crippen molar-refractivity contribution in [3.8, 4) is 0 Å². The molecule has 1 fully saturated rings. The minimum absolute atomic E-state index is 0.1000. The van der Waals surface area contributed by atoms with Crippen LogP contribution < -0.4 is 5.32 Å².